The molecule has 2 heterocycles. The van der Waals surface area contributed by atoms with Crippen LogP contribution in [0.1, 0.15) is 13.8 Å². The zero-order valence-corrected chi connectivity index (χ0v) is 7.83. The monoisotopic (exact) mass is 178 g/mol. The molecule has 0 bridgehead atoms. The van der Waals surface area contributed by atoms with E-state index in [1.54, 1.807) is 0 Å². The topological polar surface area (TPSA) is 39.3 Å². The smallest absolute Gasteiger partial charge is 0.0761 e. The predicted octanol–water partition coefficient (Wildman–Crippen LogP) is 0.562. The van der Waals surface area contributed by atoms with Gasteiger partial charge in [0.05, 0.1) is 11.4 Å². The van der Waals surface area contributed by atoms with Gasteiger partial charge in [-0.1, -0.05) is 0 Å². The van der Waals surface area contributed by atoms with Crippen LogP contribution in [0.15, 0.2) is 35.9 Å². The molecule has 0 aliphatic carbocycles. The Morgan fingerprint density at radius 3 is 3.00 bits per heavy atom. The van der Waals surface area contributed by atoms with Gasteiger partial charge in [-0.25, -0.2) is 0 Å². The Bertz CT molecular complexity index is 288. The quantitative estimate of drug-likeness (QED) is 0.578. The fourth-order valence-corrected chi connectivity index (χ4v) is 1.32. The average molecular weight is 178 g/mol. The molecule has 0 aromatic carbocycles. The van der Waals surface area contributed by atoms with Gasteiger partial charge in [-0.3, -0.25) is 5.01 Å². The van der Waals surface area contributed by atoms with Crippen LogP contribution in [0.5, 0.6) is 0 Å². The van der Waals surface area contributed by atoms with Crippen molar-refractivity contribution in [2.45, 2.75) is 19.9 Å². The standard InChI is InChI=1S/C9H14N4/c1-7(2)11-8-3-4-9-5-10-12-13(9)6-8/h3-7,10-12H,1-2H3. The first-order chi connectivity index (χ1) is 6.25. The van der Waals surface area contributed by atoms with Crippen LogP contribution in [0, 0.1) is 0 Å². The third-order valence-corrected chi connectivity index (χ3v) is 1.84. The van der Waals surface area contributed by atoms with E-state index in [2.05, 4.69) is 42.3 Å². The molecule has 13 heavy (non-hydrogen) atoms. The van der Waals surface area contributed by atoms with Crippen LogP contribution < -0.4 is 16.3 Å². The SMILES string of the molecule is CC(C)NC1=CN2NNC=C2C=C1. The van der Waals surface area contributed by atoms with Gasteiger partial charge in [0.2, 0.25) is 0 Å². The van der Waals surface area contributed by atoms with E-state index in [1.165, 1.54) is 0 Å². The minimum absolute atomic E-state index is 0.456. The van der Waals surface area contributed by atoms with E-state index in [9.17, 15) is 0 Å². The van der Waals surface area contributed by atoms with Crippen LogP contribution in [0.4, 0.5) is 0 Å². The van der Waals surface area contributed by atoms with Crippen LogP contribution in [0.2, 0.25) is 0 Å². The van der Waals surface area contributed by atoms with E-state index < -0.39 is 0 Å². The molecule has 0 spiro atoms. The van der Waals surface area contributed by atoms with Crippen molar-refractivity contribution in [1.82, 2.24) is 21.3 Å². The lowest BCUT2D eigenvalue weighted by atomic mass is 10.2. The van der Waals surface area contributed by atoms with Crippen LogP contribution in [0.25, 0.3) is 0 Å². The Balaban J connectivity index is 2.08. The van der Waals surface area contributed by atoms with Crippen LogP contribution >= 0.6 is 0 Å². The van der Waals surface area contributed by atoms with Crippen LogP contribution in [0.3, 0.4) is 0 Å². The lowest BCUT2D eigenvalue weighted by Crippen LogP contribution is -2.35. The van der Waals surface area contributed by atoms with Crippen molar-refractivity contribution in [3.8, 4) is 0 Å². The lowest BCUT2D eigenvalue weighted by Gasteiger charge is -2.21. The molecule has 0 fully saturated rings. The first-order valence-electron chi connectivity index (χ1n) is 4.43. The summed E-state index contributed by atoms with van der Waals surface area (Å²) in [5.74, 6) is 0. The second-order valence-electron chi connectivity index (χ2n) is 3.41. The molecule has 2 aliphatic heterocycles. The Hall–Kier alpha value is -1.42. The molecule has 0 saturated carbocycles. The number of nitrogens with zero attached hydrogens (tertiary/aromatic N) is 1. The van der Waals surface area contributed by atoms with Crippen molar-refractivity contribution < 1.29 is 0 Å². The summed E-state index contributed by atoms with van der Waals surface area (Å²) in [5, 5.41) is 5.27. The van der Waals surface area contributed by atoms with Crippen LogP contribution in [-0.4, -0.2) is 11.1 Å². The molecule has 4 nitrogen and oxygen atoms in total. The van der Waals surface area contributed by atoms with Crippen molar-refractivity contribution in [3.63, 3.8) is 0 Å². The number of hydrogen-bond acceptors (Lipinski definition) is 4. The fraction of sp³-hybridized carbons (Fsp3) is 0.333. The Morgan fingerprint density at radius 1 is 1.38 bits per heavy atom. The van der Waals surface area contributed by atoms with E-state index in [-0.39, 0.29) is 0 Å². The van der Waals surface area contributed by atoms with Crippen LogP contribution in [-0.2, 0) is 0 Å². The summed E-state index contributed by atoms with van der Waals surface area (Å²) in [7, 11) is 0. The number of allylic oxidation sites excluding steroid dienone is 2. The molecule has 0 aromatic heterocycles. The van der Waals surface area contributed by atoms with Gasteiger partial charge < -0.3 is 10.7 Å². The largest absolute Gasteiger partial charge is 0.382 e. The Labute approximate surface area is 77.9 Å². The average Bonchev–Trinajstić information content (AvgIpc) is 2.49. The Morgan fingerprint density at radius 2 is 2.23 bits per heavy atom. The first kappa shape index (κ1) is 8.19. The first-order valence-corrected chi connectivity index (χ1v) is 4.43. The highest BCUT2D eigenvalue weighted by Crippen LogP contribution is 2.14. The molecule has 0 radical (unpaired) electrons. The lowest BCUT2D eigenvalue weighted by molar-refractivity contribution is 0.344. The molecule has 70 valence electrons. The summed E-state index contributed by atoms with van der Waals surface area (Å²) < 4.78 is 0. The molecule has 0 unspecified atom stereocenters. The normalized spacial score (nSPS) is 19.5. The third kappa shape index (κ3) is 1.67. The van der Waals surface area contributed by atoms with Gasteiger partial charge in [0, 0.05) is 18.4 Å². The molecule has 0 atom stereocenters. The van der Waals surface area contributed by atoms with E-state index in [4.69, 9.17) is 0 Å². The fourth-order valence-electron chi connectivity index (χ4n) is 1.32. The zero-order valence-electron chi connectivity index (χ0n) is 7.83. The van der Waals surface area contributed by atoms with Crippen molar-refractivity contribution in [1.29, 1.82) is 0 Å². The maximum absolute atomic E-state index is 3.33. The number of fused-ring (bicyclic) bond motifs is 1. The molecular formula is C9H14N4. The predicted molar refractivity (Wildman–Crippen MR) is 51.7 cm³/mol. The highest BCUT2D eigenvalue weighted by atomic mass is 15.7. The molecule has 3 N–H and O–H groups in total. The minimum Gasteiger partial charge on any atom is -0.382 e. The van der Waals surface area contributed by atoms with Crippen molar-refractivity contribution in [2.24, 2.45) is 0 Å². The summed E-state index contributed by atoms with van der Waals surface area (Å²) in [6.07, 6.45) is 8.06. The second-order valence-corrected chi connectivity index (χ2v) is 3.41. The second kappa shape index (κ2) is 3.14. The molecular weight excluding hydrogens is 164 g/mol. The van der Waals surface area contributed by atoms with Crippen molar-refractivity contribution in [3.05, 3.63) is 35.9 Å². The van der Waals surface area contributed by atoms with Gasteiger partial charge in [-0.05, 0) is 26.0 Å². The molecule has 0 saturated heterocycles. The summed E-state index contributed by atoms with van der Waals surface area (Å²) in [5.41, 5.74) is 8.15. The van der Waals surface area contributed by atoms with E-state index in [0.29, 0.717) is 6.04 Å². The molecule has 4 heteroatoms. The highest BCUT2D eigenvalue weighted by Gasteiger charge is 2.13. The van der Waals surface area contributed by atoms with Crippen molar-refractivity contribution >= 4 is 0 Å². The van der Waals surface area contributed by atoms with E-state index in [1.807, 2.05) is 17.4 Å². The zero-order chi connectivity index (χ0) is 9.26. The summed E-state index contributed by atoms with van der Waals surface area (Å²) >= 11 is 0. The van der Waals surface area contributed by atoms with Gasteiger partial charge in [0.25, 0.3) is 0 Å². The summed E-state index contributed by atoms with van der Waals surface area (Å²) in [6, 6.07) is 0.456. The molecule has 2 aliphatic rings. The number of nitrogens with one attached hydrogen (secondary N) is 3. The van der Waals surface area contributed by atoms with Gasteiger partial charge in [0.15, 0.2) is 0 Å². The molecule has 0 amide bonds. The van der Waals surface area contributed by atoms with E-state index in [0.717, 1.165) is 11.4 Å². The van der Waals surface area contributed by atoms with Gasteiger partial charge in [0.1, 0.15) is 0 Å². The maximum Gasteiger partial charge on any atom is 0.0761 e. The number of rotatable bonds is 2. The molecule has 0 aromatic rings. The van der Waals surface area contributed by atoms with E-state index >= 15 is 0 Å². The number of hydrogen-bond donors (Lipinski definition) is 3. The summed E-state index contributed by atoms with van der Waals surface area (Å²) in [4.78, 5) is 0. The molecule has 2 rings (SSSR count). The Kier molecular flexibility index (Phi) is 1.98. The summed E-state index contributed by atoms with van der Waals surface area (Å²) in [6.45, 7) is 4.24. The minimum atomic E-state index is 0.456. The van der Waals surface area contributed by atoms with Gasteiger partial charge in [-0.2, -0.15) is 0 Å². The maximum atomic E-state index is 3.33. The number of hydrazine groups is 2. The van der Waals surface area contributed by atoms with Gasteiger partial charge >= 0.3 is 0 Å². The highest BCUT2D eigenvalue weighted by molar-refractivity contribution is 5.33. The van der Waals surface area contributed by atoms with Gasteiger partial charge in [-0.15, -0.1) is 5.53 Å². The van der Waals surface area contributed by atoms with Crippen molar-refractivity contribution in [2.75, 3.05) is 0 Å². The third-order valence-electron chi connectivity index (χ3n) is 1.84.